The Morgan fingerprint density at radius 3 is 2.87 bits per heavy atom. The van der Waals surface area contributed by atoms with Gasteiger partial charge >= 0.3 is 0 Å². The Kier molecular flexibility index (Phi) is 8.09. The Labute approximate surface area is 178 Å². The van der Waals surface area contributed by atoms with Crippen LogP contribution in [0.2, 0.25) is 0 Å². The molecule has 1 aromatic carbocycles. The zero-order chi connectivity index (χ0) is 21.2. The number of aromatic nitrogens is 2. The molecule has 2 heterocycles. The van der Waals surface area contributed by atoms with Crippen molar-refractivity contribution in [3.63, 3.8) is 0 Å². The molecule has 0 unspecified atom stereocenters. The van der Waals surface area contributed by atoms with E-state index in [4.69, 9.17) is 9.47 Å². The molecule has 3 rings (SSSR count). The molecule has 3 aromatic rings. The number of fused-ring (bicyclic) bond motifs is 1. The zero-order valence-electron chi connectivity index (χ0n) is 18.0. The second kappa shape index (κ2) is 11.2. The maximum Gasteiger partial charge on any atom is 0.191 e. The van der Waals surface area contributed by atoms with Gasteiger partial charge in [-0.15, -0.1) is 0 Å². The van der Waals surface area contributed by atoms with E-state index >= 15 is 0 Å². The van der Waals surface area contributed by atoms with E-state index in [0.29, 0.717) is 19.8 Å². The van der Waals surface area contributed by atoms with Crippen molar-refractivity contribution >= 4 is 11.6 Å². The molecule has 2 aromatic heterocycles. The second-order valence-corrected chi connectivity index (χ2v) is 7.11. The first kappa shape index (κ1) is 21.6. The Balaban J connectivity index is 1.50. The largest absolute Gasteiger partial charge is 0.493 e. The third-order valence-electron chi connectivity index (χ3n) is 4.73. The second-order valence-electron chi connectivity index (χ2n) is 7.11. The van der Waals surface area contributed by atoms with Crippen LogP contribution in [0.15, 0.2) is 53.8 Å². The molecule has 0 aliphatic carbocycles. The molecule has 0 aliphatic rings. The van der Waals surface area contributed by atoms with Crippen molar-refractivity contribution in [1.29, 1.82) is 0 Å². The Hall–Kier alpha value is -3.06. The number of aliphatic imine (C=N–C) groups is 1. The summed E-state index contributed by atoms with van der Waals surface area (Å²) >= 11 is 0. The summed E-state index contributed by atoms with van der Waals surface area (Å²) in [7, 11) is 3.48. The van der Waals surface area contributed by atoms with Crippen LogP contribution in [0.25, 0.3) is 5.65 Å². The fourth-order valence-electron chi connectivity index (χ4n) is 3.14. The van der Waals surface area contributed by atoms with Gasteiger partial charge in [-0.2, -0.15) is 0 Å². The molecule has 160 valence electrons. The highest BCUT2D eigenvalue weighted by Gasteiger charge is 2.07. The summed E-state index contributed by atoms with van der Waals surface area (Å²) in [5.41, 5.74) is 4.29. The van der Waals surface area contributed by atoms with Gasteiger partial charge in [0.15, 0.2) is 5.96 Å². The number of nitrogens with one attached hydrogen (secondary N) is 2. The summed E-state index contributed by atoms with van der Waals surface area (Å²) < 4.78 is 13.1. The van der Waals surface area contributed by atoms with E-state index in [1.807, 2.05) is 28.8 Å². The van der Waals surface area contributed by atoms with Gasteiger partial charge in [-0.05, 0) is 30.7 Å². The van der Waals surface area contributed by atoms with E-state index in [1.54, 1.807) is 14.2 Å². The number of ether oxygens (including phenoxy) is 2. The van der Waals surface area contributed by atoms with Crippen molar-refractivity contribution in [2.75, 3.05) is 33.9 Å². The molecule has 0 amide bonds. The molecule has 2 N–H and O–H groups in total. The summed E-state index contributed by atoms with van der Waals surface area (Å²) in [5, 5.41) is 6.72. The van der Waals surface area contributed by atoms with E-state index in [0.717, 1.165) is 48.0 Å². The molecule has 7 nitrogen and oxygen atoms in total. The first-order valence-corrected chi connectivity index (χ1v) is 10.3. The van der Waals surface area contributed by atoms with Crippen molar-refractivity contribution in [1.82, 2.24) is 20.0 Å². The number of hydrogen-bond donors (Lipinski definition) is 2. The number of guanidine groups is 1. The van der Waals surface area contributed by atoms with E-state index in [-0.39, 0.29) is 0 Å². The van der Waals surface area contributed by atoms with Crippen LogP contribution in [0, 0.1) is 6.92 Å². The van der Waals surface area contributed by atoms with Gasteiger partial charge in [0.25, 0.3) is 0 Å². The number of hydrogen-bond acceptors (Lipinski definition) is 4. The van der Waals surface area contributed by atoms with Crippen molar-refractivity contribution in [3.8, 4) is 5.75 Å². The maximum atomic E-state index is 5.96. The molecule has 30 heavy (non-hydrogen) atoms. The monoisotopic (exact) mass is 409 g/mol. The Morgan fingerprint density at radius 2 is 2.07 bits per heavy atom. The highest BCUT2D eigenvalue weighted by atomic mass is 16.5. The van der Waals surface area contributed by atoms with Crippen LogP contribution in [-0.4, -0.2) is 49.3 Å². The van der Waals surface area contributed by atoms with Crippen LogP contribution in [0.4, 0.5) is 0 Å². The van der Waals surface area contributed by atoms with Gasteiger partial charge in [0.05, 0.1) is 12.3 Å². The van der Waals surface area contributed by atoms with Crippen LogP contribution in [-0.2, 0) is 17.7 Å². The Morgan fingerprint density at radius 1 is 1.17 bits per heavy atom. The average molecular weight is 410 g/mol. The summed E-state index contributed by atoms with van der Waals surface area (Å²) in [4.78, 5) is 8.95. The topological polar surface area (TPSA) is 72.2 Å². The summed E-state index contributed by atoms with van der Waals surface area (Å²) in [6.45, 7) is 4.78. The highest BCUT2D eigenvalue weighted by molar-refractivity contribution is 5.79. The van der Waals surface area contributed by atoms with E-state index in [9.17, 15) is 0 Å². The number of nitrogens with zero attached hydrogens (tertiary/aromatic N) is 3. The summed E-state index contributed by atoms with van der Waals surface area (Å²) in [6.07, 6.45) is 5.76. The van der Waals surface area contributed by atoms with Crippen LogP contribution in [0.3, 0.4) is 0 Å². The SMILES string of the molecule is CN=C(NCCc1cn2ccccc2n1)NCc1ccc(C)cc1OCCCOC. The lowest BCUT2D eigenvalue weighted by Crippen LogP contribution is -2.38. The fraction of sp³-hybridized carbons (Fsp3) is 0.391. The van der Waals surface area contributed by atoms with Gasteiger partial charge in [-0.25, -0.2) is 4.98 Å². The van der Waals surface area contributed by atoms with Gasteiger partial charge in [-0.1, -0.05) is 18.2 Å². The molecule has 0 fully saturated rings. The number of imidazole rings is 1. The lowest BCUT2D eigenvalue weighted by Gasteiger charge is -2.15. The number of rotatable bonds is 10. The number of aryl methyl sites for hydroxylation is 1. The fourth-order valence-corrected chi connectivity index (χ4v) is 3.14. The predicted octanol–water partition coefficient (Wildman–Crippen LogP) is 2.97. The zero-order valence-corrected chi connectivity index (χ0v) is 18.0. The van der Waals surface area contributed by atoms with Crippen LogP contribution in [0.1, 0.15) is 23.2 Å². The first-order valence-electron chi connectivity index (χ1n) is 10.3. The minimum Gasteiger partial charge on any atom is -0.493 e. The molecule has 7 heteroatoms. The molecule has 0 radical (unpaired) electrons. The minimum absolute atomic E-state index is 0.633. The highest BCUT2D eigenvalue weighted by Crippen LogP contribution is 2.20. The standard InChI is InChI=1S/C23H31N5O2/c1-18-8-9-19(21(15-18)30-14-6-13-29-3)16-26-23(24-2)25-11-10-20-17-28-12-5-4-7-22(28)27-20/h4-5,7-9,12,15,17H,6,10-11,13-14,16H2,1-3H3,(H2,24,25,26). The number of methoxy groups -OCH3 is 1. The van der Waals surface area contributed by atoms with Crippen molar-refractivity contribution in [2.24, 2.45) is 4.99 Å². The van der Waals surface area contributed by atoms with Gasteiger partial charge in [0.1, 0.15) is 11.4 Å². The van der Waals surface area contributed by atoms with Crippen LogP contribution < -0.4 is 15.4 Å². The molecule has 0 aliphatic heterocycles. The van der Waals surface area contributed by atoms with E-state index in [1.165, 1.54) is 5.56 Å². The smallest absolute Gasteiger partial charge is 0.191 e. The molecule has 0 atom stereocenters. The molecule has 0 bridgehead atoms. The number of benzene rings is 1. The van der Waals surface area contributed by atoms with Crippen LogP contribution in [0.5, 0.6) is 5.75 Å². The lowest BCUT2D eigenvalue weighted by atomic mass is 10.1. The quantitative estimate of drug-likeness (QED) is 0.306. The first-order chi connectivity index (χ1) is 14.7. The summed E-state index contributed by atoms with van der Waals surface area (Å²) in [5.74, 6) is 1.66. The van der Waals surface area contributed by atoms with Gasteiger partial charge in [0.2, 0.25) is 0 Å². The molecular formula is C23H31N5O2. The average Bonchev–Trinajstić information content (AvgIpc) is 3.17. The molecule has 0 saturated heterocycles. The van der Waals surface area contributed by atoms with Crippen molar-refractivity contribution < 1.29 is 9.47 Å². The van der Waals surface area contributed by atoms with Crippen molar-refractivity contribution in [2.45, 2.75) is 26.3 Å². The maximum absolute atomic E-state index is 5.96. The molecular weight excluding hydrogens is 378 g/mol. The van der Waals surface area contributed by atoms with Gasteiger partial charge in [-0.3, -0.25) is 4.99 Å². The molecule has 0 spiro atoms. The summed E-state index contributed by atoms with van der Waals surface area (Å²) in [6, 6.07) is 12.3. The van der Waals surface area contributed by atoms with E-state index < -0.39 is 0 Å². The Bertz CT molecular complexity index is 934. The van der Waals surface area contributed by atoms with Crippen molar-refractivity contribution in [3.05, 3.63) is 65.6 Å². The third-order valence-corrected chi connectivity index (χ3v) is 4.73. The molecule has 0 saturated carbocycles. The van der Waals surface area contributed by atoms with Crippen LogP contribution >= 0.6 is 0 Å². The third kappa shape index (κ3) is 6.22. The van der Waals surface area contributed by atoms with Gasteiger partial charge in [0, 0.05) is 64.7 Å². The van der Waals surface area contributed by atoms with Gasteiger partial charge < -0.3 is 24.5 Å². The minimum atomic E-state index is 0.633. The normalized spacial score (nSPS) is 11.6. The van der Waals surface area contributed by atoms with E-state index in [2.05, 4.69) is 51.9 Å². The lowest BCUT2D eigenvalue weighted by molar-refractivity contribution is 0.172. The number of pyridine rings is 1. The predicted molar refractivity (Wildman–Crippen MR) is 120 cm³/mol.